The number of likely N-dealkylation sites (tertiary alicyclic amines) is 1. The van der Waals surface area contributed by atoms with Gasteiger partial charge in [0.15, 0.2) is 11.0 Å². The molecule has 11 heteroatoms. The Morgan fingerprint density at radius 3 is 2.58 bits per heavy atom. The Bertz CT molecular complexity index is 1320. The van der Waals surface area contributed by atoms with Crippen molar-refractivity contribution < 1.29 is 14.4 Å². The van der Waals surface area contributed by atoms with Crippen LogP contribution in [0.1, 0.15) is 41.0 Å². The molecule has 40 heavy (non-hydrogen) atoms. The van der Waals surface area contributed by atoms with Crippen molar-refractivity contribution in [3.63, 3.8) is 0 Å². The van der Waals surface area contributed by atoms with Crippen LogP contribution in [-0.2, 0) is 16.0 Å². The Hall–Kier alpha value is -3.83. The molecule has 0 radical (unpaired) electrons. The maximum Gasteiger partial charge on any atom is 0.245 e. The predicted octanol–water partition coefficient (Wildman–Crippen LogP) is 2.18. The number of rotatable bonds is 12. The van der Waals surface area contributed by atoms with Crippen molar-refractivity contribution in [3.05, 3.63) is 65.2 Å². The lowest BCUT2D eigenvalue weighted by molar-refractivity contribution is -0.144. The van der Waals surface area contributed by atoms with Crippen molar-refractivity contribution in [2.75, 3.05) is 27.2 Å². The molecule has 10 nitrogen and oxygen atoms in total. The number of hydrogen-bond acceptors (Lipinski definition) is 7. The van der Waals surface area contributed by atoms with Gasteiger partial charge in [-0.1, -0.05) is 42.5 Å². The summed E-state index contributed by atoms with van der Waals surface area (Å²) in [6, 6.07) is 15.5. The summed E-state index contributed by atoms with van der Waals surface area (Å²) in [4.78, 5) is 53.0. The number of aliphatic imine (C=N–C) groups is 1. The maximum atomic E-state index is 13.9. The monoisotopic (exact) mass is 563 g/mol. The molecule has 0 aliphatic carbocycles. The van der Waals surface area contributed by atoms with Crippen LogP contribution in [0.25, 0.3) is 10.2 Å². The minimum Gasteiger partial charge on any atom is -0.370 e. The van der Waals surface area contributed by atoms with E-state index >= 15 is 0 Å². The number of carbonyl (C=O) groups is 3. The third kappa shape index (κ3) is 6.83. The molecule has 3 aromatic rings. The number of ketones is 1. The number of hydrogen-bond donors (Lipinski definition) is 3. The van der Waals surface area contributed by atoms with Gasteiger partial charge in [-0.05, 0) is 56.8 Å². The van der Waals surface area contributed by atoms with Gasteiger partial charge < -0.3 is 26.6 Å². The minimum atomic E-state index is -0.760. The first-order chi connectivity index (χ1) is 19.3. The van der Waals surface area contributed by atoms with E-state index in [4.69, 9.17) is 11.5 Å². The first kappa shape index (κ1) is 29.2. The Kier molecular flexibility index (Phi) is 9.84. The molecule has 1 fully saturated rings. The second-order valence-electron chi connectivity index (χ2n) is 9.99. The number of carbonyl (C=O) groups excluding carboxylic acids is 3. The van der Waals surface area contributed by atoms with Crippen LogP contribution in [0.4, 0.5) is 0 Å². The summed E-state index contributed by atoms with van der Waals surface area (Å²) in [6.07, 6.45) is 2.66. The smallest absolute Gasteiger partial charge is 0.245 e. The first-order valence-electron chi connectivity index (χ1n) is 13.5. The lowest BCUT2D eigenvalue weighted by Crippen LogP contribution is -2.55. The average molecular weight is 564 g/mol. The van der Waals surface area contributed by atoms with Gasteiger partial charge in [0.25, 0.3) is 0 Å². The van der Waals surface area contributed by atoms with Gasteiger partial charge >= 0.3 is 0 Å². The fourth-order valence-electron chi connectivity index (χ4n) is 5.15. The molecule has 4 rings (SSSR count). The molecular weight excluding hydrogens is 526 g/mol. The van der Waals surface area contributed by atoms with E-state index in [1.807, 2.05) is 54.6 Å². The fraction of sp³-hybridized carbons (Fsp3) is 0.414. The van der Waals surface area contributed by atoms with Crippen LogP contribution in [0.2, 0.25) is 0 Å². The Balaban J connectivity index is 1.53. The largest absolute Gasteiger partial charge is 0.370 e. The minimum absolute atomic E-state index is 0.0202. The molecule has 1 saturated heterocycles. The summed E-state index contributed by atoms with van der Waals surface area (Å²) < 4.78 is 0.906. The summed E-state index contributed by atoms with van der Waals surface area (Å²) in [6.45, 7) is 0.836. The molecule has 1 aromatic heterocycles. The highest BCUT2D eigenvalue weighted by molar-refractivity contribution is 7.20. The SMILES string of the molecule is CNC(Cc1ccccc1)C(=O)N1CCCC1C(=O)N(C)C(CCCN=C(N)N)C(=O)c1nc2ccccc2s1. The van der Waals surface area contributed by atoms with Gasteiger partial charge in [0.2, 0.25) is 17.6 Å². The summed E-state index contributed by atoms with van der Waals surface area (Å²) >= 11 is 1.31. The highest BCUT2D eigenvalue weighted by Crippen LogP contribution is 2.27. The molecule has 1 aliphatic rings. The van der Waals surface area contributed by atoms with Gasteiger partial charge in [0.05, 0.1) is 22.3 Å². The third-order valence-corrected chi connectivity index (χ3v) is 8.35. The normalized spacial score (nSPS) is 16.4. The molecule has 3 unspecified atom stereocenters. The number of likely N-dealkylation sites (N-methyl/N-ethyl adjacent to an activating group) is 2. The topological polar surface area (TPSA) is 147 Å². The van der Waals surface area contributed by atoms with Gasteiger partial charge in [-0.3, -0.25) is 19.4 Å². The number of guanidine groups is 1. The summed E-state index contributed by atoms with van der Waals surface area (Å²) in [7, 11) is 3.40. The summed E-state index contributed by atoms with van der Waals surface area (Å²) in [5, 5.41) is 3.48. The molecule has 3 atom stereocenters. The Morgan fingerprint density at radius 2 is 1.88 bits per heavy atom. The molecule has 2 aromatic carbocycles. The first-order valence-corrected chi connectivity index (χ1v) is 14.3. The molecule has 2 amide bonds. The highest BCUT2D eigenvalue weighted by Gasteiger charge is 2.40. The Morgan fingerprint density at radius 1 is 1.15 bits per heavy atom. The van der Waals surface area contributed by atoms with Crippen molar-refractivity contribution in [2.24, 2.45) is 16.5 Å². The van der Waals surface area contributed by atoms with Gasteiger partial charge in [-0.25, -0.2) is 4.98 Å². The van der Waals surface area contributed by atoms with Crippen molar-refractivity contribution in [2.45, 2.75) is 50.2 Å². The number of fused-ring (bicyclic) bond motifs is 1. The fourth-order valence-corrected chi connectivity index (χ4v) is 6.11. The van der Waals surface area contributed by atoms with E-state index in [-0.39, 0.29) is 23.6 Å². The van der Waals surface area contributed by atoms with Crippen LogP contribution in [-0.4, -0.2) is 83.7 Å². The molecule has 0 spiro atoms. The van der Waals surface area contributed by atoms with Crippen molar-refractivity contribution in [3.8, 4) is 0 Å². The Labute approximate surface area is 238 Å². The zero-order valence-corrected chi connectivity index (χ0v) is 23.8. The number of nitrogens with one attached hydrogen (secondary N) is 1. The zero-order chi connectivity index (χ0) is 28.6. The van der Waals surface area contributed by atoms with E-state index in [0.29, 0.717) is 43.8 Å². The van der Waals surface area contributed by atoms with Crippen molar-refractivity contribution in [1.82, 2.24) is 20.1 Å². The maximum absolute atomic E-state index is 13.9. The van der Waals surface area contributed by atoms with E-state index < -0.39 is 18.1 Å². The number of nitrogens with zero attached hydrogens (tertiary/aromatic N) is 4. The van der Waals surface area contributed by atoms with Gasteiger partial charge in [0.1, 0.15) is 6.04 Å². The molecule has 5 N–H and O–H groups in total. The molecule has 212 valence electrons. The van der Waals surface area contributed by atoms with Crippen LogP contribution in [0.5, 0.6) is 0 Å². The number of nitrogens with two attached hydrogens (primary N) is 2. The number of amides is 2. The van der Waals surface area contributed by atoms with E-state index in [1.165, 1.54) is 16.2 Å². The highest BCUT2D eigenvalue weighted by atomic mass is 32.1. The molecule has 0 bridgehead atoms. The van der Waals surface area contributed by atoms with E-state index in [2.05, 4.69) is 15.3 Å². The van der Waals surface area contributed by atoms with Gasteiger partial charge in [-0.15, -0.1) is 11.3 Å². The number of aromatic nitrogens is 1. The van der Waals surface area contributed by atoms with Crippen LogP contribution >= 0.6 is 11.3 Å². The second-order valence-corrected chi connectivity index (χ2v) is 11.0. The van der Waals surface area contributed by atoms with Crippen LogP contribution in [0, 0.1) is 0 Å². The molecule has 0 saturated carbocycles. The summed E-state index contributed by atoms with van der Waals surface area (Å²) in [5.41, 5.74) is 12.7. The average Bonchev–Trinajstić information content (AvgIpc) is 3.63. The standard InChI is InChI=1S/C29H37N7O3S/c1-32-21(18-19-10-4-3-5-11-19)27(38)36-17-9-14-23(36)28(39)35(2)22(13-8-16-33-29(30)31)25(37)26-34-20-12-6-7-15-24(20)40-26/h3-7,10-12,15,21-23,32H,8-9,13-14,16-18H2,1-2H3,(H4,30,31,33). The van der Waals surface area contributed by atoms with Crippen LogP contribution in [0.15, 0.2) is 59.6 Å². The molecule has 2 heterocycles. The zero-order valence-electron chi connectivity index (χ0n) is 23.0. The summed E-state index contributed by atoms with van der Waals surface area (Å²) in [5.74, 6) is -0.609. The molecule has 1 aliphatic heterocycles. The van der Waals surface area contributed by atoms with Gasteiger partial charge in [-0.2, -0.15) is 0 Å². The van der Waals surface area contributed by atoms with Crippen molar-refractivity contribution in [1.29, 1.82) is 0 Å². The lowest BCUT2D eigenvalue weighted by Gasteiger charge is -2.33. The predicted molar refractivity (Wildman–Crippen MR) is 158 cm³/mol. The van der Waals surface area contributed by atoms with Crippen LogP contribution in [0.3, 0.4) is 0 Å². The number of thiazole rings is 1. The van der Waals surface area contributed by atoms with E-state index in [0.717, 1.165) is 22.2 Å². The second kappa shape index (κ2) is 13.5. The number of para-hydroxylation sites is 1. The van der Waals surface area contributed by atoms with Gasteiger partial charge in [0, 0.05) is 20.1 Å². The molecular formula is C29H37N7O3S. The van der Waals surface area contributed by atoms with E-state index in [1.54, 1.807) is 19.0 Å². The lowest BCUT2D eigenvalue weighted by atomic mass is 10.0. The van der Waals surface area contributed by atoms with E-state index in [9.17, 15) is 14.4 Å². The quantitative estimate of drug-likeness (QED) is 0.132. The number of Topliss-reactive ketones (excluding diaryl/α,β-unsaturated/α-hetero) is 1. The van der Waals surface area contributed by atoms with Crippen molar-refractivity contribution >= 4 is 45.1 Å². The third-order valence-electron chi connectivity index (χ3n) is 7.30. The number of benzene rings is 2. The van der Waals surface area contributed by atoms with Crippen LogP contribution < -0.4 is 16.8 Å².